The van der Waals surface area contributed by atoms with Gasteiger partial charge in [0.15, 0.2) is 6.21 Å². The lowest BCUT2D eigenvalue weighted by Gasteiger charge is -2.12. The van der Waals surface area contributed by atoms with Crippen LogP contribution in [0, 0.1) is 13.8 Å². The lowest BCUT2D eigenvalue weighted by Crippen LogP contribution is -3.00. The number of H-pyrrole nitrogens is 1. The van der Waals surface area contributed by atoms with E-state index in [1.54, 1.807) is 12.1 Å². The highest BCUT2D eigenvalue weighted by atomic mass is 35.5. The maximum absolute atomic E-state index is 13.1. The summed E-state index contributed by atoms with van der Waals surface area (Å²) in [4.78, 5) is 6.65. The molecule has 0 fully saturated rings. The van der Waals surface area contributed by atoms with Crippen LogP contribution in [-0.4, -0.2) is 11.2 Å². The first-order chi connectivity index (χ1) is 14.8. The quantitative estimate of drug-likeness (QED) is 0.468. The van der Waals surface area contributed by atoms with Gasteiger partial charge in [-0.3, -0.25) is 0 Å². The molecule has 32 heavy (non-hydrogen) atoms. The van der Waals surface area contributed by atoms with Gasteiger partial charge in [0.25, 0.3) is 0 Å². The summed E-state index contributed by atoms with van der Waals surface area (Å²) in [5, 5.41) is 1.03. The molecule has 1 aliphatic heterocycles. The van der Waals surface area contributed by atoms with Gasteiger partial charge in [0.05, 0.1) is 16.7 Å². The molecule has 2 N–H and O–H groups in total. The van der Waals surface area contributed by atoms with Crippen LogP contribution in [-0.2, 0) is 6.18 Å². The Morgan fingerprint density at radius 2 is 1.56 bits per heavy atom. The molecule has 0 atom stereocenters. The molecule has 0 saturated carbocycles. The van der Waals surface area contributed by atoms with Gasteiger partial charge in [-0.2, -0.15) is 13.2 Å². The van der Waals surface area contributed by atoms with E-state index in [4.69, 9.17) is 0 Å². The molecule has 1 aromatic heterocycles. The van der Waals surface area contributed by atoms with Crippen LogP contribution in [0.1, 0.15) is 33.4 Å². The molecule has 0 radical (unpaired) electrons. The minimum atomic E-state index is -4.37. The number of halogens is 4. The average molecular weight is 453 g/mol. The number of benzene rings is 3. The minimum Gasteiger partial charge on any atom is -1.00 e. The van der Waals surface area contributed by atoms with Crippen LogP contribution < -0.4 is 17.4 Å². The van der Waals surface area contributed by atoms with E-state index < -0.39 is 11.7 Å². The molecule has 5 rings (SSSR count). The Kier molecular flexibility index (Phi) is 5.47. The number of nitrogens with one attached hydrogen (secondary N) is 2. The SMILES string of the molecule is Cc1ccc2c(c1)[NH+]=CC2=C(c1ccc(C(F)(F)F)cc1)c1c[nH]c2cc(C)ccc12.[Cl-]. The first-order valence-corrected chi connectivity index (χ1v) is 10.0. The molecule has 0 aliphatic carbocycles. The van der Waals surface area contributed by atoms with Crippen molar-refractivity contribution in [2.45, 2.75) is 20.0 Å². The molecular weight excluding hydrogens is 433 g/mol. The third kappa shape index (κ3) is 3.73. The Morgan fingerprint density at radius 1 is 0.875 bits per heavy atom. The van der Waals surface area contributed by atoms with Crippen molar-refractivity contribution >= 4 is 34.0 Å². The molecule has 3 aromatic carbocycles. The van der Waals surface area contributed by atoms with Gasteiger partial charge in [0.2, 0.25) is 5.69 Å². The summed E-state index contributed by atoms with van der Waals surface area (Å²) in [7, 11) is 0. The molecule has 0 unspecified atom stereocenters. The summed E-state index contributed by atoms with van der Waals surface area (Å²) in [6, 6.07) is 17.7. The largest absolute Gasteiger partial charge is 1.00 e. The van der Waals surface area contributed by atoms with E-state index >= 15 is 0 Å². The first kappa shape index (κ1) is 21.9. The fraction of sp³-hybridized carbons (Fsp3) is 0.115. The molecule has 162 valence electrons. The molecule has 2 nitrogen and oxygen atoms in total. The molecule has 1 aliphatic rings. The smallest absolute Gasteiger partial charge is 0.416 e. The third-order valence-corrected chi connectivity index (χ3v) is 5.71. The Hall–Kier alpha value is -3.31. The number of fused-ring (bicyclic) bond motifs is 2. The molecule has 6 heteroatoms. The summed E-state index contributed by atoms with van der Waals surface area (Å²) >= 11 is 0. The molecule has 0 amide bonds. The Balaban J connectivity index is 0.00000245. The predicted molar refractivity (Wildman–Crippen MR) is 118 cm³/mol. The Morgan fingerprint density at radius 3 is 2.28 bits per heavy atom. The van der Waals surface area contributed by atoms with Crippen LogP contribution in [0.25, 0.3) is 22.0 Å². The van der Waals surface area contributed by atoms with Gasteiger partial charge in [-0.1, -0.05) is 30.3 Å². The molecule has 0 bridgehead atoms. The number of hydrogen-bond donors (Lipinski definition) is 2. The van der Waals surface area contributed by atoms with Crippen molar-refractivity contribution < 1.29 is 30.6 Å². The van der Waals surface area contributed by atoms with Crippen LogP contribution in [0.2, 0.25) is 0 Å². The second kappa shape index (κ2) is 7.99. The fourth-order valence-electron chi connectivity index (χ4n) is 4.18. The summed E-state index contributed by atoms with van der Waals surface area (Å²) in [6.45, 7) is 4.06. The van der Waals surface area contributed by atoms with Crippen molar-refractivity contribution in [1.29, 1.82) is 0 Å². The number of aromatic amines is 1. The average Bonchev–Trinajstić information content (AvgIpc) is 3.32. The van der Waals surface area contributed by atoms with Gasteiger partial charge in [-0.25, -0.2) is 4.99 Å². The number of aryl methyl sites for hydroxylation is 2. The minimum absolute atomic E-state index is 0. The highest BCUT2D eigenvalue weighted by Crippen LogP contribution is 2.39. The van der Waals surface area contributed by atoms with Crippen molar-refractivity contribution in [3.63, 3.8) is 0 Å². The highest BCUT2D eigenvalue weighted by Gasteiger charge is 2.31. The van der Waals surface area contributed by atoms with Gasteiger partial charge in [-0.15, -0.1) is 0 Å². The molecule has 4 aromatic rings. The molecule has 2 heterocycles. The van der Waals surface area contributed by atoms with Gasteiger partial charge >= 0.3 is 6.18 Å². The van der Waals surface area contributed by atoms with Gasteiger partial charge in [0.1, 0.15) is 0 Å². The van der Waals surface area contributed by atoms with Crippen LogP contribution in [0.3, 0.4) is 0 Å². The van der Waals surface area contributed by atoms with E-state index in [0.29, 0.717) is 0 Å². The third-order valence-electron chi connectivity index (χ3n) is 5.71. The zero-order valence-corrected chi connectivity index (χ0v) is 18.2. The number of aromatic nitrogens is 1. The number of allylic oxidation sites excluding steroid dienone is 1. The van der Waals surface area contributed by atoms with E-state index in [2.05, 4.69) is 34.2 Å². The number of alkyl halides is 3. The highest BCUT2D eigenvalue weighted by molar-refractivity contribution is 6.24. The van der Waals surface area contributed by atoms with Crippen molar-refractivity contribution in [2.75, 3.05) is 0 Å². The fourth-order valence-corrected chi connectivity index (χ4v) is 4.18. The number of rotatable bonds is 2. The van der Waals surface area contributed by atoms with Gasteiger partial charge in [0, 0.05) is 34.3 Å². The maximum atomic E-state index is 13.1. The topological polar surface area (TPSA) is 29.8 Å². The Labute approximate surface area is 189 Å². The summed E-state index contributed by atoms with van der Waals surface area (Å²) in [5.74, 6) is 0. The number of hydrogen-bond acceptors (Lipinski definition) is 0. The van der Waals surface area contributed by atoms with Crippen molar-refractivity contribution in [3.05, 3.63) is 100 Å². The van der Waals surface area contributed by atoms with Crippen molar-refractivity contribution in [3.8, 4) is 0 Å². The predicted octanol–water partition coefficient (Wildman–Crippen LogP) is 2.56. The Bertz CT molecular complexity index is 1380. The summed E-state index contributed by atoms with van der Waals surface area (Å²) in [5.41, 5.74) is 8.17. The second-order valence-corrected chi connectivity index (χ2v) is 7.95. The van der Waals surface area contributed by atoms with Crippen LogP contribution in [0.15, 0.2) is 66.9 Å². The van der Waals surface area contributed by atoms with Gasteiger partial charge < -0.3 is 17.4 Å². The summed E-state index contributed by atoms with van der Waals surface area (Å²) < 4.78 is 39.4. The standard InChI is InChI=1S/C26H19F3N2.ClH/c1-15-3-9-19-21(13-30-23(19)11-15)25(17-5-7-18(8-6-17)26(27,28)29)22-14-31-24-12-16(2)4-10-20(22)24;/h3-14,30H,1-2H3;1H. The second-order valence-electron chi connectivity index (χ2n) is 7.95. The normalized spacial score (nSPS) is 14.4. The molecular formula is C26H20ClF3N2. The van der Waals surface area contributed by atoms with Gasteiger partial charge in [-0.05, 0) is 54.8 Å². The monoisotopic (exact) mass is 452 g/mol. The van der Waals surface area contributed by atoms with E-state index in [0.717, 1.165) is 67.7 Å². The van der Waals surface area contributed by atoms with E-state index in [1.165, 1.54) is 0 Å². The zero-order chi connectivity index (χ0) is 21.8. The lowest BCUT2D eigenvalue weighted by atomic mass is 9.89. The van der Waals surface area contributed by atoms with E-state index in [1.807, 2.05) is 38.4 Å². The van der Waals surface area contributed by atoms with Crippen LogP contribution >= 0.6 is 0 Å². The zero-order valence-electron chi connectivity index (χ0n) is 17.4. The van der Waals surface area contributed by atoms with E-state index in [-0.39, 0.29) is 12.4 Å². The van der Waals surface area contributed by atoms with Crippen molar-refractivity contribution in [2.24, 2.45) is 0 Å². The van der Waals surface area contributed by atoms with Crippen LogP contribution in [0.4, 0.5) is 18.9 Å². The first-order valence-electron chi connectivity index (χ1n) is 10.0. The van der Waals surface area contributed by atoms with Crippen LogP contribution in [0.5, 0.6) is 0 Å². The molecule has 0 spiro atoms. The van der Waals surface area contributed by atoms with E-state index in [9.17, 15) is 13.2 Å². The summed E-state index contributed by atoms with van der Waals surface area (Å²) in [6.07, 6.45) is -0.496. The maximum Gasteiger partial charge on any atom is 0.416 e. The van der Waals surface area contributed by atoms with Crippen molar-refractivity contribution in [1.82, 2.24) is 4.98 Å². The molecule has 0 saturated heterocycles. The lowest BCUT2D eigenvalue weighted by molar-refractivity contribution is -0.342.